The standard InChI is InChI=1S/C19H13ClN2O3/c20-14-6-3-5-13(8-14)19(23)21-11-15-10-18(25-22-15)17-9-12-4-1-2-7-16(12)24-17/h1-10H,11H2,(H,21,23). The molecule has 4 rings (SSSR count). The van der Waals surface area contributed by atoms with E-state index in [-0.39, 0.29) is 12.5 Å². The number of para-hydroxylation sites is 1. The molecule has 1 N–H and O–H groups in total. The second-order valence-corrected chi connectivity index (χ2v) is 5.96. The number of rotatable bonds is 4. The summed E-state index contributed by atoms with van der Waals surface area (Å²) in [5.41, 5.74) is 1.88. The lowest BCUT2D eigenvalue weighted by atomic mass is 10.2. The maximum atomic E-state index is 12.1. The molecule has 5 nitrogen and oxygen atoms in total. The molecule has 0 bridgehead atoms. The highest BCUT2D eigenvalue weighted by molar-refractivity contribution is 6.30. The Morgan fingerprint density at radius 1 is 1.04 bits per heavy atom. The number of fused-ring (bicyclic) bond motifs is 1. The summed E-state index contributed by atoms with van der Waals surface area (Å²) in [5.74, 6) is 0.889. The van der Waals surface area contributed by atoms with Crippen LogP contribution < -0.4 is 5.32 Å². The van der Waals surface area contributed by atoms with Gasteiger partial charge in [-0.05, 0) is 30.3 Å². The molecule has 0 radical (unpaired) electrons. The van der Waals surface area contributed by atoms with Crippen LogP contribution in [0.4, 0.5) is 0 Å². The first-order chi connectivity index (χ1) is 12.2. The van der Waals surface area contributed by atoms with Crippen molar-refractivity contribution in [2.75, 3.05) is 0 Å². The topological polar surface area (TPSA) is 68.3 Å². The Labute approximate surface area is 148 Å². The van der Waals surface area contributed by atoms with E-state index in [0.717, 1.165) is 11.0 Å². The predicted octanol–water partition coefficient (Wildman–Crippen LogP) is 4.67. The minimum Gasteiger partial charge on any atom is -0.453 e. The number of nitrogens with zero attached hydrogens (tertiary/aromatic N) is 1. The third-order valence-corrected chi connectivity index (χ3v) is 3.98. The first-order valence-electron chi connectivity index (χ1n) is 7.67. The smallest absolute Gasteiger partial charge is 0.251 e. The van der Waals surface area contributed by atoms with Crippen molar-refractivity contribution in [3.8, 4) is 11.5 Å². The molecule has 0 unspecified atom stereocenters. The Kier molecular flexibility index (Phi) is 3.99. The van der Waals surface area contributed by atoms with Crippen molar-refractivity contribution in [1.29, 1.82) is 0 Å². The molecule has 2 aromatic heterocycles. The molecule has 124 valence electrons. The van der Waals surface area contributed by atoms with E-state index in [1.807, 2.05) is 30.3 Å². The van der Waals surface area contributed by atoms with Crippen LogP contribution in [0.1, 0.15) is 16.1 Å². The summed E-state index contributed by atoms with van der Waals surface area (Å²) in [6.45, 7) is 0.245. The van der Waals surface area contributed by atoms with Crippen LogP contribution in [-0.4, -0.2) is 11.1 Å². The molecule has 0 atom stereocenters. The van der Waals surface area contributed by atoms with E-state index in [4.69, 9.17) is 20.5 Å². The molecule has 25 heavy (non-hydrogen) atoms. The molecule has 0 aliphatic rings. The summed E-state index contributed by atoms with van der Waals surface area (Å²) in [6, 6.07) is 18.1. The van der Waals surface area contributed by atoms with Crippen LogP contribution in [0.3, 0.4) is 0 Å². The lowest BCUT2D eigenvalue weighted by Gasteiger charge is -2.02. The van der Waals surface area contributed by atoms with Crippen LogP contribution >= 0.6 is 11.6 Å². The molecule has 0 fully saturated rings. The Morgan fingerprint density at radius 2 is 1.92 bits per heavy atom. The van der Waals surface area contributed by atoms with Crippen LogP contribution in [0.5, 0.6) is 0 Å². The lowest BCUT2D eigenvalue weighted by Crippen LogP contribution is -2.22. The number of nitrogens with one attached hydrogen (secondary N) is 1. The van der Waals surface area contributed by atoms with Gasteiger partial charge in [0.1, 0.15) is 11.3 Å². The monoisotopic (exact) mass is 352 g/mol. The van der Waals surface area contributed by atoms with Crippen molar-refractivity contribution < 1.29 is 13.7 Å². The molecule has 0 aliphatic heterocycles. The number of hydrogen-bond acceptors (Lipinski definition) is 4. The van der Waals surface area contributed by atoms with Crippen molar-refractivity contribution >= 4 is 28.5 Å². The molecular formula is C19H13ClN2O3. The zero-order chi connectivity index (χ0) is 17.2. The number of carbonyl (C=O) groups is 1. The van der Waals surface area contributed by atoms with Gasteiger partial charge in [-0.15, -0.1) is 0 Å². The van der Waals surface area contributed by atoms with Gasteiger partial charge in [0.25, 0.3) is 5.91 Å². The first kappa shape index (κ1) is 15.5. The number of aromatic nitrogens is 1. The van der Waals surface area contributed by atoms with Gasteiger partial charge in [-0.2, -0.15) is 0 Å². The van der Waals surface area contributed by atoms with Crippen molar-refractivity contribution in [2.24, 2.45) is 0 Å². The number of halogens is 1. The van der Waals surface area contributed by atoms with E-state index in [1.54, 1.807) is 30.3 Å². The fraction of sp³-hybridized carbons (Fsp3) is 0.0526. The summed E-state index contributed by atoms with van der Waals surface area (Å²) in [7, 11) is 0. The van der Waals surface area contributed by atoms with E-state index in [1.165, 1.54) is 0 Å². The minimum atomic E-state index is -0.226. The maximum absolute atomic E-state index is 12.1. The molecule has 0 aliphatic carbocycles. The Morgan fingerprint density at radius 3 is 2.76 bits per heavy atom. The van der Waals surface area contributed by atoms with Crippen molar-refractivity contribution in [3.63, 3.8) is 0 Å². The quantitative estimate of drug-likeness (QED) is 0.579. The van der Waals surface area contributed by atoms with Crippen molar-refractivity contribution in [1.82, 2.24) is 10.5 Å². The summed E-state index contributed by atoms with van der Waals surface area (Å²) < 4.78 is 11.1. The van der Waals surface area contributed by atoms with Gasteiger partial charge in [-0.1, -0.05) is 41.0 Å². The Hall–Kier alpha value is -3.05. The summed E-state index contributed by atoms with van der Waals surface area (Å²) in [5, 5.41) is 8.26. The average molecular weight is 353 g/mol. The predicted molar refractivity (Wildman–Crippen MR) is 94.3 cm³/mol. The van der Waals surface area contributed by atoms with Gasteiger partial charge in [-0.25, -0.2) is 0 Å². The minimum absolute atomic E-state index is 0.226. The highest BCUT2D eigenvalue weighted by Crippen LogP contribution is 2.28. The SMILES string of the molecule is O=C(NCc1cc(-c2cc3ccccc3o2)on1)c1cccc(Cl)c1. The van der Waals surface area contributed by atoms with E-state index in [9.17, 15) is 4.79 Å². The Bertz CT molecular complexity index is 1020. The largest absolute Gasteiger partial charge is 0.453 e. The zero-order valence-electron chi connectivity index (χ0n) is 13.0. The van der Waals surface area contributed by atoms with Gasteiger partial charge in [-0.3, -0.25) is 4.79 Å². The van der Waals surface area contributed by atoms with Crippen LogP contribution in [-0.2, 0) is 6.54 Å². The maximum Gasteiger partial charge on any atom is 0.251 e. The summed E-state index contributed by atoms with van der Waals surface area (Å²) in [4.78, 5) is 12.1. The van der Waals surface area contributed by atoms with Crippen LogP contribution in [0.15, 0.2) is 69.6 Å². The summed E-state index contributed by atoms with van der Waals surface area (Å²) >= 11 is 5.89. The van der Waals surface area contributed by atoms with Gasteiger partial charge in [0.2, 0.25) is 5.76 Å². The van der Waals surface area contributed by atoms with Gasteiger partial charge < -0.3 is 14.3 Å². The highest BCUT2D eigenvalue weighted by Gasteiger charge is 2.13. The molecule has 0 saturated heterocycles. The molecule has 2 heterocycles. The zero-order valence-corrected chi connectivity index (χ0v) is 13.8. The van der Waals surface area contributed by atoms with Crippen LogP contribution in [0.2, 0.25) is 5.02 Å². The molecule has 6 heteroatoms. The lowest BCUT2D eigenvalue weighted by molar-refractivity contribution is 0.0950. The van der Waals surface area contributed by atoms with Gasteiger partial charge in [0.05, 0.1) is 6.54 Å². The van der Waals surface area contributed by atoms with Crippen LogP contribution in [0, 0.1) is 0 Å². The van der Waals surface area contributed by atoms with Crippen molar-refractivity contribution in [3.05, 3.63) is 76.9 Å². The van der Waals surface area contributed by atoms with Gasteiger partial charge >= 0.3 is 0 Å². The molecule has 1 amide bonds. The van der Waals surface area contributed by atoms with E-state index >= 15 is 0 Å². The fourth-order valence-corrected chi connectivity index (χ4v) is 2.71. The first-order valence-corrected chi connectivity index (χ1v) is 8.05. The molecular weight excluding hydrogens is 340 g/mol. The molecule has 2 aromatic carbocycles. The fourth-order valence-electron chi connectivity index (χ4n) is 2.52. The summed E-state index contributed by atoms with van der Waals surface area (Å²) in [6.07, 6.45) is 0. The van der Waals surface area contributed by atoms with Gasteiger partial charge in [0, 0.05) is 22.0 Å². The van der Waals surface area contributed by atoms with E-state index in [0.29, 0.717) is 27.8 Å². The normalized spacial score (nSPS) is 10.9. The second-order valence-electron chi connectivity index (χ2n) is 5.52. The van der Waals surface area contributed by atoms with Gasteiger partial charge in [0.15, 0.2) is 5.76 Å². The number of carbonyl (C=O) groups excluding carboxylic acids is 1. The Balaban J connectivity index is 1.47. The third-order valence-electron chi connectivity index (χ3n) is 3.74. The van der Waals surface area contributed by atoms with E-state index in [2.05, 4.69) is 10.5 Å². The second kappa shape index (κ2) is 6.45. The highest BCUT2D eigenvalue weighted by atomic mass is 35.5. The average Bonchev–Trinajstić information content (AvgIpc) is 3.26. The van der Waals surface area contributed by atoms with Crippen molar-refractivity contribution in [2.45, 2.75) is 6.54 Å². The molecule has 0 spiro atoms. The third kappa shape index (κ3) is 3.27. The number of benzene rings is 2. The number of hydrogen-bond donors (Lipinski definition) is 1. The number of furan rings is 1. The molecule has 0 saturated carbocycles. The van der Waals surface area contributed by atoms with E-state index < -0.39 is 0 Å². The molecule has 4 aromatic rings. The number of amides is 1. The van der Waals surface area contributed by atoms with Crippen LogP contribution in [0.25, 0.3) is 22.5 Å².